The van der Waals surface area contributed by atoms with Crippen LogP contribution < -0.4 is 4.74 Å². The van der Waals surface area contributed by atoms with Gasteiger partial charge in [0.15, 0.2) is 6.10 Å². The van der Waals surface area contributed by atoms with Crippen LogP contribution in [-0.4, -0.2) is 18.7 Å². The third kappa shape index (κ3) is 4.10. The number of esters is 1. The monoisotopic (exact) mass is 276 g/mol. The molecule has 0 aliphatic carbocycles. The lowest BCUT2D eigenvalue weighted by molar-refractivity contribution is -0.151. The highest BCUT2D eigenvalue weighted by Crippen LogP contribution is 2.29. The molecule has 1 atom stereocenters. The number of carbonyl (C=O) groups excluding carboxylic acids is 1. The first-order chi connectivity index (χ1) is 8.08. The zero-order valence-corrected chi connectivity index (χ0v) is 11.2. The topological polar surface area (TPSA) is 35.5 Å². The smallest absolute Gasteiger partial charge is 0.347 e. The molecule has 3 nitrogen and oxygen atoms in total. The summed E-state index contributed by atoms with van der Waals surface area (Å²) in [6.07, 6.45) is -0.160. The molecule has 1 rings (SSSR count). The molecule has 5 heteroatoms. The molecule has 1 unspecified atom stereocenters. The number of benzene rings is 1. The Hall–Kier alpha value is -0.930. The van der Waals surface area contributed by atoms with E-state index in [0.717, 1.165) is 0 Å². The molecule has 0 saturated heterocycles. The maximum atomic E-state index is 11.6. The standard InChI is InChI=1S/C12H14Cl2O3/c1-3-10(12(15)16-4-2)17-11-7-8(13)5-6-9(11)14/h5-7,10H,3-4H2,1-2H3. The van der Waals surface area contributed by atoms with E-state index in [9.17, 15) is 4.79 Å². The van der Waals surface area contributed by atoms with E-state index in [2.05, 4.69) is 0 Å². The lowest BCUT2D eigenvalue weighted by Crippen LogP contribution is -2.28. The lowest BCUT2D eigenvalue weighted by Gasteiger charge is -2.16. The van der Waals surface area contributed by atoms with Crippen molar-refractivity contribution in [1.29, 1.82) is 0 Å². The second-order valence-electron chi connectivity index (χ2n) is 3.34. The predicted molar refractivity (Wildman–Crippen MR) is 67.8 cm³/mol. The van der Waals surface area contributed by atoms with Crippen molar-refractivity contribution in [2.24, 2.45) is 0 Å². The van der Waals surface area contributed by atoms with Crippen LogP contribution in [0.1, 0.15) is 20.3 Å². The van der Waals surface area contributed by atoms with Crippen molar-refractivity contribution in [2.45, 2.75) is 26.4 Å². The molecule has 0 radical (unpaired) electrons. The largest absolute Gasteiger partial charge is 0.477 e. The summed E-state index contributed by atoms with van der Waals surface area (Å²) in [5.41, 5.74) is 0. The molecule has 0 heterocycles. The molecule has 94 valence electrons. The normalized spacial score (nSPS) is 12.0. The summed E-state index contributed by atoms with van der Waals surface area (Å²) in [5, 5.41) is 0.917. The third-order valence-electron chi connectivity index (χ3n) is 2.08. The molecule has 0 aromatic heterocycles. The maximum absolute atomic E-state index is 11.6. The molecule has 0 saturated carbocycles. The number of hydrogen-bond acceptors (Lipinski definition) is 3. The minimum absolute atomic E-state index is 0.321. The summed E-state index contributed by atoms with van der Waals surface area (Å²) in [4.78, 5) is 11.6. The molecule has 0 aliphatic rings. The van der Waals surface area contributed by atoms with Crippen LogP contribution in [0.25, 0.3) is 0 Å². The molecular weight excluding hydrogens is 263 g/mol. The summed E-state index contributed by atoms with van der Waals surface area (Å²) in [7, 11) is 0. The van der Waals surface area contributed by atoms with Crippen molar-refractivity contribution < 1.29 is 14.3 Å². The van der Waals surface area contributed by atoms with Crippen LogP contribution in [0.5, 0.6) is 5.75 Å². The van der Waals surface area contributed by atoms with Crippen LogP contribution in [0.3, 0.4) is 0 Å². The fraction of sp³-hybridized carbons (Fsp3) is 0.417. The highest BCUT2D eigenvalue weighted by molar-refractivity contribution is 6.34. The first-order valence-electron chi connectivity index (χ1n) is 5.36. The molecule has 1 aromatic rings. The average Bonchev–Trinajstić information content (AvgIpc) is 2.30. The van der Waals surface area contributed by atoms with E-state index in [4.69, 9.17) is 32.7 Å². The van der Waals surface area contributed by atoms with Gasteiger partial charge in [0.25, 0.3) is 0 Å². The van der Waals surface area contributed by atoms with Gasteiger partial charge in [-0.25, -0.2) is 4.79 Å². The Bertz CT molecular complexity index is 393. The van der Waals surface area contributed by atoms with E-state index in [1.165, 1.54) is 0 Å². The molecule has 0 fully saturated rings. The molecular formula is C12H14Cl2O3. The summed E-state index contributed by atoms with van der Waals surface area (Å²) in [6, 6.07) is 4.85. The molecule has 1 aromatic carbocycles. The average molecular weight is 277 g/mol. The highest BCUT2D eigenvalue weighted by atomic mass is 35.5. The van der Waals surface area contributed by atoms with Gasteiger partial charge in [0.1, 0.15) is 5.75 Å². The van der Waals surface area contributed by atoms with Crippen LogP contribution >= 0.6 is 23.2 Å². The number of halogens is 2. The Morgan fingerprint density at radius 1 is 1.35 bits per heavy atom. The highest BCUT2D eigenvalue weighted by Gasteiger charge is 2.20. The van der Waals surface area contributed by atoms with E-state index >= 15 is 0 Å². The van der Waals surface area contributed by atoms with Crippen LogP contribution in [0.2, 0.25) is 10.0 Å². The first-order valence-corrected chi connectivity index (χ1v) is 6.12. The first kappa shape index (κ1) is 14.1. The van der Waals surface area contributed by atoms with E-state index in [1.807, 2.05) is 6.92 Å². The van der Waals surface area contributed by atoms with Gasteiger partial charge in [0.05, 0.1) is 11.6 Å². The van der Waals surface area contributed by atoms with E-state index in [0.29, 0.717) is 28.8 Å². The second kappa shape index (κ2) is 6.72. The van der Waals surface area contributed by atoms with Crippen molar-refractivity contribution >= 4 is 29.2 Å². The van der Waals surface area contributed by atoms with Crippen molar-refractivity contribution in [1.82, 2.24) is 0 Å². The van der Waals surface area contributed by atoms with E-state index in [1.54, 1.807) is 25.1 Å². The molecule has 17 heavy (non-hydrogen) atoms. The summed E-state index contributed by atoms with van der Waals surface area (Å²) < 4.78 is 10.4. The summed E-state index contributed by atoms with van der Waals surface area (Å²) >= 11 is 11.8. The van der Waals surface area contributed by atoms with Crippen molar-refractivity contribution in [3.8, 4) is 5.75 Å². The second-order valence-corrected chi connectivity index (χ2v) is 4.19. The summed E-state index contributed by atoms with van der Waals surface area (Å²) in [6.45, 7) is 3.90. The van der Waals surface area contributed by atoms with Gasteiger partial charge in [-0.2, -0.15) is 0 Å². The predicted octanol–water partition coefficient (Wildman–Crippen LogP) is 3.71. The minimum Gasteiger partial charge on any atom is -0.477 e. The van der Waals surface area contributed by atoms with Gasteiger partial charge >= 0.3 is 5.97 Å². The maximum Gasteiger partial charge on any atom is 0.347 e. The van der Waals surface area contributed by atoms with Crippen LogP contribution in [0.4, 0.5) is 0 Å². The Kier molecular flexibility index (Phi) is 5.59. The van der Waals surface area contributed by atoms with Crippen molar-refractivity contribution in [2.75, 3.05) is 6.61 Å². The molecule has 0 bridgehead atoms. The number of rotatable bonds is 5. The third-order valence-corrected chi connectivity index (χ3v) is 2.63. The van der Waals surface area contributed by atoms with Gasteiger partial charge in [-0.3, -0.25) is 0 Å². The van der Waals surface area contributed by atoms with Gasteiger partial charge in [-0.1, -0.05) is 30.1 Å². The Morgan fingerprint density at radius 2 is 2.06 bits per heavy atom. The minimum atomic E-state index is -0.661. The molecule has 0 spiro atoms. The van der Waals surface area contributed by atoms with Crippen LogP contribution in [0.15, 0.2) is 18.2 Å². The van der Waals surface area contributed by atoms with Gasteiger partial charge in [-0.15, -0.1) is 0 Å². The number of carbonyl (C=O) groups is 1. The summed E-state index contributed by atoms with van der Waals surface area (Å²) in [5.74, 6) is -0.00916. The Balaban J connectivity index is 2.80. The molecule has 0 N–H and O–H groups in total. The molecule has 0 amide bonds. The quantitative estimate of drug-likeness (QED) is 0.769. The van der Waals surface area contributed by atoms with Crippen molar-refractivity contribution in [3.05, 3.63) is 28.2 Å². The van der Waals surface area contributed by atoms with E-state index in [-0.39, 0.29) is 0 Å². The van der Waals surface area contributed by atoms with Crippen LogP contribution in [-0.2, 0) is 9.53 Å². The van der Waals surface area contributed by atoms with Gasteiger partial charge in [0, 0.05) is 11.1 Å². The van der Waals surface area contributed by atoms with Gasteiger partial charge in [0.2, 0.25) is 0 Å². The zero-order chi connectivity index (χ0) is 12.8. The van der Waals surface area contributed by atoms with Crippen LogP contribution in [0, 0.1) is 0 Å². The van der Waals surface area contributed by atoms with Gasteiger partial charge < -0.3 is 9.47 Å². The van der Waals surface area contributed by atoms with Gasteiger partial charge in [-0.05, 0) is 25.5 Å². The number of ether oxygens (including phenoxy) is 2. The molecule has 0 aliphatic heterocycles. The Labute approximate surface area is 111 Å². The number of hydrogen-bond donors (Lipinski definition) is 0. The fourth-order valence-electron chi connectivity index (χ4n) is 1.25. The lowest BCUT2D eigenvalue weighted by atomic mass is 10.2. The zero-order valence-electron chi connectivity index (χ0n) is 9.70. The fourth-order valence-corrected chi connectivity index (χ4v) is 1.58. The Morgan fingerprint density at radius 3 is 2.65 bits per heavy atom. The van der Waals surface area contributed by atoms with E-state index < -0.39 is 12.1 Å². The SMILES string of the molecule is CCOC(=O)C(CC)Oc1cc(Cl)ccc1Cl. The van der Waals surface area contributed by atoms with Crippen molar-refractivity contribution in [3.63, 3.8) is 0 Å².